The summed E-state index contributed by atoms with van der Waals surface area (Å²) in [6.07, 6.45) is 0. The number of rotatable bonds is 3. The van der Waals surface area contributed by atoms with Crippen molar-refractivity contribution >= 4 is 0 Å². The second-order valence-corrected chi connectivity index (χ2v) is 4.30. The van der Waals surface area contributed by atoms with Gasteiger partial charge in [0.2, 0.25) is 0 Å². The summed E-state index contributed by atoms with van der Waals surface area (Å²) in [6, 6.07) is 8.65. The third kappa shape index (κ3) is 3.38. The molecule has 2 nitrogen and oxygen atoms in total. The normalized spacial score (nSPS) is 12.5. The van der Waals surface area contributed by atoms with Crippen LogP contribution in [-0.2, 0) is 0 Å². The lowest BCUT2D eigenvalue weighted by Crippen LogP contribution is -2.27. The molecule has 0 aliphatic rings. The topological polar surface area (TPSA) is 35.8 Å². The summed E-state index contributed by atoms with van der Waals surface area (Å²) in [4.78, 5) is 0. The summed E-state index contributed by atoms with van der Waals surface area (Å²) < 4.78 is 0. The maximum atomic E-state index is 9.10. The Morgan fingerprint density at radius 3 is 2.07 bits per heavy atom. The first-order valence-corrected chi connectivity index (χ1v) is 5.27. The van der Waals surface area contributed by atoms with Gasteiger partial charge in [0.05, 0.1) is 6.07 Å². The van der Waals surface area contributed by atoms with Crippen LogP contribution in [0.2, 0.25) is 0 Å². The van der Waals surface area contributed by atoms with Crippen molar-refractivity contribution in [3.63, 3.8) is 0 Å². The van der Waals surface area contributed by atoms with E-state index < -0.39 is 0 Å². The van der Waals surface area contributed by atoms with Gasteiger partial charge in [0, 0.05) is 6.04 Å². The fourth-order valence-electron chi connectivity index (χ4n) is 1.72. The predicted octanol–water partition coefficient (Wildman–Crippen LogP) is 2.87. The third-order valence-electron chi connectivity index (χ3n) is 2.21. The molecule has 1 rings (SSSR count). The van der Waals surface area contributed by atoms with Crippen molar-refractivity contribution in [2.45, 2.75) is 39.8 Å². The zero-order chi connectivity index (χ0) is 11.4. The second kappa shape index (κ2) is 4.95. The van der Waals surface area contributed by atoms with Crippen molar-refractivity contribution in [1.29, 1.82) is 5.26 Å². The van der Waals surface area contributed by atoms with Crippen LogP contribution < -0.4 is 5.32 Å². The van der Waals surface area contributed by atoms with Crippen LogP contribution in [0, 0.1) is 25.2 Å². The van der Waals surface area contributed by atoms with Crippen LogP contribution in [0.25, 0.3) is 0 Å². The largest absolute Gasteiger partial charge is 0.296 e. The molecule has 1 aromatic carbocycles. The number of hydrogen-bond donors (Lipinski definition) is 1. The molecule has 0 heterocycles. The lowest BCUT2D eigenvalue weighted by Gasteiger charge is -2.15. The van der Waals surface area contributed by atoms with Gasteiger partial charge in [0.15, 0.2) is 0 Å². The zero-order valence-corrected chi connectivity index (χ0v) is 9.83. The van der Waals surface area contributed by atoms with Gasteiger partial charge in [0.25, 0.3) is 0 Å². The van der Waals surface area contributed by atoms with E-state index in [0.29, 0.717) is 6.04 Å². The average Bonchev–Trinajstić information content (AvgIpc) is 2.12. The minimum atomic E-state index is -0.205. The number of aryl methyl sites for hydroxylation is 2. The van der Waals surface area contributed by atoms with Crippen molar-refractivity contribution < 1.29 is 0 Å². The smallest absolute Gasteiger partial charge is 0.121 e. The predicted molar refractivity (Wildman–Crippen MR) is 62.5 cm³/mol. The quantitative estimate of drug-likeness (QED) is 0.818. The molecule has 0 aliphatic carbocycles. The van der Waals surface area contributed by atoms with Crippen LogP contribution in [-0.4, -0.2) is 6.04 Å². The first-order valence-electron chi connectivity index (χ1n) is 5.27. The van der Waals surface area contributed by atoms with Gasteiger partial charge in [-0.1, -0.05) is 29.3 Å². The Morgan fingerprint density at radius 2 is 1.67 bits per heavy atom. The van der Waals surface area contributed by atoms with Gasteiger partial charge in [-0.2, -0.15) is 5.26 Å². The number of benzene rings is 1. The van der Waals surface area contributed by atoms with Gasteiger partial charge in [-0.3, -0.25) is 5.32 Å². The maximum Gasteiger partial charge on any atom is 0.121 e. The Kier molecular flexibility index (Phi) is 3.88. The SMILES string of the molecule is Cc1cc(C)cc(C(C#N)NC(C)C)c1. The van der Waals surface area contributed by atoms with E-state index in [1.165, 1.54) is 11.1 Å². The Labute approximate surface area is 91.9 Å². The molecule has 0 amide bonds. The molecule has 0 spiro atoms. The minimum Gasteiger partial charge on any atom is -0.296 e. The summed E-state index contributed by atoms with van der Waals surface area (Å²) in [6.45, 7) is 8.21. The molecule has 1 aromatic rings. The van der Waals surface area contributed by atoms with E-state index in [1.807, 2.05) is 13.8 Å². The lowest BCUT2D eigenvalue weighted by atomic mass is 10.0. The highest BCUT2D eigenvalue weighted by Gasteiger charge is 2.11. The molecule has 80 valence electrons. The molecule has 0 saturated carbocycles. The molecule has 0 aliphatic heterocycles. The van der Waals surface area contributed by atoms with Crippen molar-refractivity contribution in [1.82, 2.24) is 5.32 Å². The van der Waals surface area contributed by atoms with E-state index in [4.69, 9.17) is 5.26 Å². The Hall–Kier alpha value is -1.33. The summed E-state index contributed by atoms with van der Waals surface area (Å²) in [5.74, 6) is 0. The molecule has 1 atom stereocenters. The maximum absolute atomic E-state index is 9.10. The Bertz CT molecular complexity index is 354. The fourth-order valence-corrected chi connectivity index (χ4v) is 1.72. The van der Waals surface area contributed by atoms with Gasteiger partial charge in [0.1, 0.15) is 6.04 Å². The van der Waals surface area contributed by atoms with Crippen molar-refractivity contribution in [3.05, 3.63) is 34.9 Å². The summed E-state index contributed by atoms with van der Waals surface area (Å²) in [7, 11) is 0. The summed E-state index contributed by atoms with van der Waals surface area (Å²) in [5, 5.41) is 12.3. The molecular weight excluding hydrogens is 184 g/mol. The fraction of sp³-hybridized carbons (Fsp3) is 0.462. The highest BCUT2D eigenvalue weighted by atomic mass is 14.9. The number of hydrogen-bond acceptors (Lipinski definition) is 2. The zero-order valence-electron chi connectivity index (χ0n) is 9.83. The molecule has 0 fully saturated rings. The van der Waals surface area contributed by atoms with Crippen molar-refractivity contribution in [2.75, 3.05) is 0 Å². The van der Waals surface area contributed by atoms with Crippen LogP contribution in [0.5, 0.6) is 0 Å². The third-order valence-corrected chi connectivity index (χ3v) is 2.21. The van der Waals surface area contributed by atoms with E-state index in [-0.39, 0.29) is 6.04 Å². The van der Waals surface area contributed by atoms with Crippen molar-refractivity contribution in [3.8, 4) is 6.07 Å². The highest BCUT2D eigenvalue weighted by Crippen LogP contribution is 2.16. The molecule has 15 heavy (non-hydrogen) atoms. The number of nitrogens with one attached hydrogen (secondary N) is 1. The Balaban J connectivity index is 2.97. The molecule has 1 N–H and O–H groups in total. The van der Waals surface area contributed by atoms with Gasteiger partial charge in [-0.05, 0) is 33.3 Å². The summed E-state index contributed by atoms with van der Waals surface area (Å²) >= 11 is 0. The van der Waals surface area contributed by atoms with Crippen LogP contribution in [0.15, 0.2) is 18.2 Å². The first-order chi connectivity index (χ1) is 7.02. The van der Waals surface area contributed by atoms with Crippen LogP contribution >= 0.6 is 0 Å². The molecule has 0 radical (unpaired) electrons. The van der Waals surface area contributed by atoms with E-state index in [0.717, 1.165) is 5.56 Å². The number of nitriles is 1. The molecule has 1 unspecified atom stereocenters. The van der Waals surface area contributed by atoms with Crippen LogP contribution in [0.3, 0.4) is 0 Å². The molecule has 0 saturated heterocycles. The van der Waals surface area contributed by atoms with E-state index >= 15 is 0 Å². The highest BCUT2D eigenvalue weighted by molar-refractivity contribution is 5.33. The average molecular weight is 202 g/mol. The molecule has 0 aromatic heterocycles. The van der Waals surface area contributed by atoms with Gasteiger partial charge >= 0.3 is 0 Å². The Morgan fingerprint density at radius 1 is 1.13 bits per heavy atom. The van der Waals surface area contributed by atoms with Crippen LogP contribution in [0.1, 0.15) is 36.6 Å². The molecule has 2 heteroatoms. The molecular formula is C13H18N2. The van der Waals surface area contributed by atoms with E-state index in [2.05, 4.69) is 43.4 Å². The lowest BCUT2D eigenvalue weighted by molar-refractivity contribution is 0.546. The minimum absolute atomic E-state index is 0.205. The van der Waals surface area contributed by atoms with Crippen molar-refractivity contribution in [2.24, 2.45) is 0 Å². The van der Waals surface area contributed by atoms with E-state index in [9.17, 15) is 0 Å². The second-order valence-electron chi connectivity index (χ2n) is 4.30. The van der Waals surface area contributed by atoms with E-state index in [1.54, 1.807) is 0 Å². The summed E-state index contributed by atoms with van der Waals surface area (Å²) in [5.41, 5.74) is 3.47. The van der Waals surface area contributed by atoms with Crippen LogP contribution in [0.4, 0.5) is 0 Å². The van der Waals surface area contributed by atoms with Gasteiger partial charge < -0.3 is 0 Å². The standard InChI is InChI=1S/C13H18N2/c1-9(2)15-13(8-14)12-6-10(3)5-11(4)7-12/h5-7,9,13,15H,1-4H3. The first kappa shape index (κ1) is 11.7. The monoisotopic (exact) mass is 202 g/mol. The van der Waals surface area contributed by atoms with Gasteiger partial charge in [-0.15, -0.1) is 0 Å². The molecule has 0 bridgehead atoms. The van der Waals surface area contributed by atoms with Gasteiger partial charge in [-0.25, -0.2) is 0 Å². The number of nitrogens with zero attached hydrogens (tertiary/aromatic N) is 1.